The molecule has 1 heterocycles. The average Bonchev–Trinajstić information content (AvgIpc) is 3.16. The number of esters is 1. The van der Waals surface area contributed by atoms with Gasteiger partial charge in [0.2, 0.25) is 0 Å². The molecule has 0 saturated carbocycles. The number of ether oxygens (including phenoxy) is 2. The Morgan fingerprint density at radius 3 is 2.69 bits per heavy atom. The normalized spacial score (nSPS) is 10.1. The molecule has 0 aliphatic heterocycles. The van der Waals surface area contributed by atoms with Crippen LogP contribution in [0.15, 0.2) is 53.9 Å². The molecule has 0 aliphatic rings. The maximum absolute atomic E-state index is 12.1. The van der Waals surface area contributed by atoms with E-state index in [9.17, 15) is 9.59 Å². The molecule has 0 fully saturated rings. The third-order valence-electron chi connectivity index (χ3n) is 3.75. The molecular weight excluding hydrogens is 390 g/mol. The van der Waals surface area contributed by atoms with Crippen molar-refractivity contribution in [2.45, 2.75) is 13.5 Å². The van der Waals surface area contributed by atoms with Gasteiger partial charge in [0.05, 0.1) is 27.9 Å². The van der Waals surface area contributed by atoms with Crippen LogP contribution >= 0.6 is 11.3 Å². The fourth-order valence-electron chi connectivity index (χ4n) is 2.40. The number of anilines is 1. The summed E-state index contributed by atoms with van der Waals surface area (Å²) >= 11 is 1.56. The molecule has 0 aliphatic carbocycles. The maximum Gasteiger partial charge on any atom is 0.338 e. The zero-order valence-electron chi connectivity index (χ0n) is 15.5. The number of carbonyl (C=O) groups is 2. The molecule has 1 N–H and O–H groups in total. The number of nitriles is 1. The molecular formula is C21H17N3O4S. The van der Waals surface area contributed by atoms with E-state index in [1.165, 1.54) is 6.07 Å². The van der Waals surface area contributed by atoms with Crippen LogP contribution < -0.4 is 10.1 Å². The monoisotopic (exact) mass is 407 g/mol. The molecule has 0 bridgehead atoms. The molecule has 0 unspecified atom stereocenters. The Bertz CT molecular complexity index is 1050. The third kappa shape index (κ3) is 5.89. The van der Waals surface area contributed by atoms with Gasteiger partial charge in [-0.15, -0.1) is 11.3 Å². The van der Waals surface area contributed by atoms with Crippen LogP contribution in [0.25, 0.3) is 0 Å². The van der Waals surface area contributed by atoms with Gasteiger partial charge in [-0.2, -0.15) is 5.26 Å². The number of aryl methyl sites for hydroxylation is 1. The van der Waals surface area contributed by atoms with E-state index in [1.807, 2.05) is 18.4 Å². The Hall–Kier alpha value is -3.70. The summed E-state index contributed by atoms with van der Waals surface area (Å²) in [6.07, 6.45) is 0. The van der Waals surface area contributed by atoms with Gasteiger partial charge >= 0.3 is 5.97 Å². The molecule has 29 heavy (non-hydrogen) atoms. The topological polar surface area (TPSA) is 101 Å². The van der Waals surface area contributed by atoms with Gasteiger partial charge in [0, 0.05) is 11.1 Å². The number of rotatable bonds is 7. The number of aromatic nitrogens is 1. The third-order valence-corrected chi connectivity index (χ3v) is 4.58. The first kappa shape index (κ1) is 20.0. The zero-order valence-corrected chi connectivity index (χ0v) is 16.4. The van der Waals surface area contributed by atoms with Crippen LogP contribution in [0.1, 0.15) is 26.6 Å². The van der Waals surface area contributed by atoms with Gasteiger partial charge in [0.15, 0.2) is 6.61 Å². The quantitative estimate of drug-likeness (QED) is 0.599. The number of amides is 1. The summed E-state index contributed by atoms with van der Waals surface area (Å²) in [5.74, 6) is -0.512. The number of hydrogen-bond acceptors (Lipinski definition) is 7. The number of benzene rings is 2. The summed E-state index contributed by atoms with van der Waals surface area (Å²) in [4.78, 5) is 28.3. The van der Waals surface area contributed by atoms with Crippen molar-refractivity contribution in [2.75, 3.05) is 11.9 Å². The van der Waals surface area contributed by atoms with Crippen molar-refractivity contribution in [1.29, 1.82) is 5.26 Å². The molecule has 0 saturated heterocycles. The second-order valence-electron chi connectivity index (χ2n) is 5.99. The second-order valence-corrected chi connectivity index (χ2v) is 7.05. The minimum Gasteiger partial charge on any atom is -0.487 e. The fourth-order valence-corrected chi connectivity index (χ4v) is 2.99. The van der Waals surface area contributed by atoms with Gasteiger partial charge in [0.25, 0.3) is 5.91 Å². The summed E-state index contributed by atoms with van der Waals surface area (Å²) < 4.78 is 10.7. The van der Waals surface area contributed by atoms with Gasteiger partial charge in [-0.25, -0.2) is 9.78 Å². The number of carbonyl (C=O) groups excluding carboxylic acids is 2. The number of nitrogens with zero attached hydrogens (tertiary/aromatic N) is 2. The predicted molar refractivity (Wildman–Crippen MR) is 108 cm³/mol. The highest BCUT2D eigenvalue weighted by Gasteiger charge is 2.11. The summed E-state index contributed by atoms with van der Waals surface area (Å²) in [5.41, 5.74) is 2.04. The molecule has 146 valence electrons. The van der Waals surface area contributed by atoms with Crippen LogP contribution in [0.5, 0.6) is 5.75 Å². The Morgan fingerprint density at radius 2 is 2.00 bits per heavy atom. The van der Waals surface area contributed by atoms with Gasteiger partial charge in [0.1, 0.15) is 12.4 Å². The molecule has 0 atom stereocenters. The SMILES string of the molecule is Cc1nc(COc2ccc(C(=O)OCC(=O)Nc3cccc(C#N)c3)cc2)cs1. The van der Waals surface area contributed by atoms with E-state index < -0.39 is 18.5 Å². The molecule has 2 aromatic carbocycles. The molecule has 1 amide bonds. The number of thiazole rings is 1. The first-order valence-corrected chi connectivity index (χ1v) is 9.52. The lowest BCUT2D eigenvalue weighted by Gasteiger charge is -2.08. The van der Waals surface area contributed by atoms with E-state index in [2.05, 4.69) is 10.3 Å². The average molecular weight is 407 g/mol. The van der Waals surface area contributed by atoms with Gasteiger partial charge in [-0.1, -0.05) is 6.07 Å². The van der Waals surface area contributed by atoms with Gasteiger partial charge < -0.3 is 14.8 Å². The zero-order chi connectivity index (χ0) is 20.6. The molecule has 8 heteroatoms. The van der Waals surface area contributed by atoms with Gasteiger partial charge in [-0.3, -0.25) is 4.79 Å². The van der Waals surface area contributed by atoms with Crippen LogP contribution in [0.2, 0.25) is 0 Å². The molecule has 3 rings (SSSR count). The van der Waals surface area contributed by atoms with Crippen molar-refractivity contribution >= 4 is 28.9 Å². The summed E-state index contributed by atoms with van der Waals surface area (Å²) in [7, 11) is 0. The van der Waals surface area contributed by atoms with E-state index in [-0.39, 0.29) is 0 Å². The van der Waals surface area contributed by atoms with Crippen molar-refractivity contribution in [2.24, 2.45) is 0 Å². The standard InChI is InChI=1S/C21H17N3O4S/c1-14-23-18(13-29-14)11-27-19-7-5-16(6-8-19)21(26)28-12-20(25)24-17-4-2-3-15(9-17)10-22/h2-9,13H,11-12H2,1H3,(H,24,25). The second kappa shape index (κ2) is 9.48. The van der Waals surface area contributed by atoms with E-state index >= 15 is 0 Å². The lowest BCUT2D eigenvalue weighted by atomic mass is 10.2. The van der Waals surface area contributed by atoms with Crippen LogP contribution in [-0.4, -0.2) is 23.5 Å². The lowest BCUT2D eigenvalue weighted by Crippen LogP contribution is -2.20. The highest BCUT2D eigenvalue weighted by atomic mass is 32.1. The molecule has 0 radical (unpaired) electrons. The summed E-state index contributed by atoms with van der Waals surface area (Å²) in [6.45, 7) is 1.84. The van der Waals surface area contributed by atoms with Crippen molar-refractivity contribution in [3.63, 3.8) is 0 Å². The highest BCUT2D eigenvalue weighted by Crippen LogP contribution is 2.16. The van der Waals surface area contributed by atoms with Crippen LogP contribution in [-0.2, 0) is 16.1 Å². The smallest absolute Gasteiger partial charge is 0.338 e. The lowest BCUT2D eigenvalue weighted by molar-refractivity contribution is -0.119. The van der Waals surface area contributed by atoms with E-state index in [0.717, 1.165) is 10.7 Å². The van der Waals surface area contributed by atoms with E-state index in [4.69, 9.17) is 14.7 Å². The van der Waals surface area contributed by atoms with Gasteiger partial charge in [-0.05, 0) is 49.4 Å². The number of nitrogens with one attached hydrogen (secondary N) is 1. The van der Waals surface area contributed by atoms with Crippen LogP contribution in [0.3, 0.4) is 0 Å². The summed E-state index contributed by atoms with van der Waals surface area (Å²) in [6, 6.07) is 14.9. The van der Waals surface area contributed by atoms with E-state index in [1.54, 1.807) is 53.8 Å². The van der Waals surface area contributed by atoms with Crippen LogP contribution in [0, 0.1) is 18.3 Å². The largest absolute Gasteiger partial charge is 0.487 e. The minimum atomic E-state index is -0.618. The Labute approximate surface area is 171 Å². The summed E-state index contributed by atoms with van der Waals surface area (Å²) in [5, 5.41) is 14.3. The fraction of sp³-hybridized carbons (Fsp3) is 0.143. The Kier molecular flexibility index (Phi) is 6.55. The molecule has 7 nitrogen and oxygen atoms in total. The molecule has 3 aromatic rings. The van der Waals surface area contributed by atoms with Crippen LogP contribution in [0.4, 0.5) is 5.69 Å². The maximum atomic E-state index is 12.1. The van der Waals surface area contributed by atoms with Crippen molar-refractivity contribution < 1.29 is 19.1 Å². The van der Waals surface area contributed by atoms with Crippen molar-refractivity contribution in [3.05, 3.63) is 75.7 Å². The molecule has 0 spiro atoms. The van der Waals surface area contributed by atoms with Crippen molar-refractivity contribution in [3.8, 4) is 11.8 Å². The first-order chi connectivity index (χ1) is 14.0. The first-order valence-electron chi connectivity index (χ1n) is 8.64. The Balaban J connectivity index is 1.47. The van der Waals surface area contributed by atoms with E-state index in [0.29, 0.717) is 29.2 Å². The molecule has 1 aromatic heterocycles. The minimum absolute atomic E-state index is 0.307. The van der Waals surface area contributed by atoms with Crippen molar-refractivity contribution in [1.82, 2.24) is 4.98 Å². The Morgan fingerprint density at radius 1 is 1.21 bits per heavy atom. The highest BCUT2D eigenvalue weighted by molar-refractivity contribution is 7.09. The number of hydrogen-bond donors (Lipinski definition) is 1. The predicted octanol–water partition coefficient (Wildman–Crippen LogP) is 3.70.